The van der Waals surface area contributed by atoms with E-state index in [1.165, 1.54) is 0 Å². The van der Waals surface area contributed by atoms with Gasteiger partial charge in [0.25, 0.3) is 0 Å². The predicted molar refractivity (Wildman–Crippen MR) is 89.7 cm³/mol. The van der Waals surface area contributed by atoms with E-state index in [4.69, 9.17) is 11.6 Å². The lowest BCUT2D eigenvalue weighted by Crippen LogP contribution is -1.90. The summed E-state index contributed by atoms with van der Waals surface area (Å²) >= 11 is 7.62. The van der Waals surface area contributed by atoms with Gasteiger partial charge in [0.2, 0.25) is 0 Å². The fourth-order valence-electron chi connectivity index (χ4n) is 2.30. The van der Waals surface area contributed by atoms with Crippen molar-refractivity contribution in [1.82, 2.24) is 9.97 Å². The van der Waals surface area contributed by atoms with Crippen LogP contribution >= 0.6 is 22.9 Å². The van der Waals surface area contributed by atoms with Gasteiger partial charge in [0.15, 0.2) is 5.13 Å². The van der Waals surface area contributed by atoms with Crippen molar-refractivity contribution in [3.63, 3.8) is 0 Å². The molecule has 2 aromatic heterocycles. The van der Waals surface area contributed by atoms with E-state index in [0.717, 1.165) is 31.8 Å². The van der Waals surface area contributed by atoms with E-state index in [2.05, 4.69) is 15.3 Å². The maximum atomic E-state index is 6.00. The van der Waals surface area contributed by atoms with Crippen LogP contribution in [0.5, 0.6) is 0 Å². The molecule has 1 N–H and O–H groups in total. The summed E-state index contributed by atoms with van der Waals surface area (Å²) in [6, 6.07) is 13.9. The molecule has 0 atom stereocenters. The molecule has 0 radical (unpaired) electrons. The van der Waals surface area contributed by atoms with Crippen LogP contribution in [0, 0.1) is 0 Å². The molecule has 0 aliphatic carbocycles. The highest BCUT2D eigenvalue weighted by molar-refractivity contribution is 7.22. The molecule has 0 unspecified atom stereocenters. The maximum absolute atomic E-state index is 6.00. The maximum Gasteiger partial charge on any atom is 0.188 e. The Balaban J connectivity index is 1.79. The summed E-state index contributed by atoms with van der Waals surface area (Å²) in [4.78, 5) is 8.73. The third-order valence-electron chi connectivity index (χ3n) is 3.27. The van der Waals surface area contributed by atoms with Gasteiger partial charge in [0, 0.05) is 33.9 Å². The zero-order valence-corrected chi connectivity index (χ0v) is 12.4. The highest BCUT2D eigenvalue weighted by Gasteiger charge is 2.06. The summed E-state index contributed by atoms with van der Waals surface area (Å²) in [5.41, 5.74) is 1.94. The highest BCUT2D eigenvalue weighted by Crippen LogP contribution is 2.32. The fourth-order valence-corrected chi connectivity index (χ4v) is 3.33. The van der Waals surface area contributed by atoms with E-state index < -0.39 is 0 Å². The summed E-state index contributed by atoms with van der Waals surface area (Å²) in [7, 11) is 0. The smallest absolute Gasteiger partial charge is 0.188 e. The minimum Gasteiger partial charge on any atom is -0.331 e. The first-order chi connectivity index (χ1) is 10.3. The van der Waals surface area contributed by atoms with Crippen molar-refractivity contribution in [2.75, 3.05) is 5.32 Å². The number of aromatic nitrogens is 2. The highest BCUT2D eigenvalue weighted by atomic mass is 35.5. The lowest BCUT2D eigenvalue weighted by molar-refractivity contribution is 1.36. The first kappa shape index (κ1) is 12.6. The molecule has 4 aromatic rings. The van der Waals surface area contributed by atoms with Crippen LogP contribution in [0.1, 0.15) is 0 Å². The molecular formula is C16H10ClN3S. The molecule has 0 aliphatic heterocycles. The number of benzene rings is 2. The van der Waals surface area contributed by atoms with Gasteiger partial charge in [-0.2, -0.15) is 0 Å². The number of thiazole rings is 1. The minimum atomic E-state index is 0.704. The van der Waals surface area contributed by atoms with Crippen molar-refractivity contribution in [2.24, 2.45) is 0 Å². The Morgan fingerprint density at radius 1 is 1.10 bits per heavy atom. The van der Waals surface area contributed by atoms with Crippen molar-refractivity contribution in [1.29, 1.82) is 0 Å². The molecule has 0 amide bonds. The molecule has 21 heavy (non-hydrogen) atoms. The van der Waals surface area contributed by atoms with Gasteiger partial charge in [0.05, 0.1) is 10.2 Å². The van der Waals surface area contributed by atoms with Crippen molar-refractivity contribution in [2.45, 2.75) is 0 Å². The van der Waals surface area contributed by atoms with Crippen LogP contribution in [-0.2, 0) is 0 Å². The molecule has 5 heteroatoms. The molecule has 3 nitrogen and oxygen atoms in total. The zero-order chi connectivity index (χ0) is 14.2. The van der Waals surface area contributed by atoms with Gasteiger partial charge >= 0.3 is 0 Å². The normalized spacial score (nSPS) is 11.1. The molecule has 0 saturated carbocycles. The van der Waals surface area contributed by atoms with Crippen LogP contribution in [0.3, 0.4) is 0 Å². The second-order valence-electron chi connectivity index (χ2n) is 4.66. The van der Waals surface area contributed by atoms with Gasteiger partial charge in [-0.25, -0.2) is 4.98 Å². The van der Waals surface area contributed by atoms with E-state index in [1.54, 1.807) is 17.5 Å². The quantitative estimate of drug-likeness (QED) is 0.550. The van der Waals surface area contributed by atoms with Crippen LogP contribution in [-0.4, -0.2) is 9.97 Å². The van der Waals surface area contributed by atoms with Crippen LogP contribution in [0.15, 0.2) is 54.9 Å². The molecule has 0 bridgehead atoms. The van der Waals surface area contributed by atoms with Crippen molar-refractivity contribution in [3.8, 4) is 0 Å². The number of hydrogen-bond acceptors (Lipinski definition) is 4. The van der Waals surface area contributed by atoms with Gasteiger partial charge in [-0.15, -0.1) is 0 Å². The third-order valence-corrected chi connectivity index (χ3v) is 4.46. The Hall–Kier alpha value is -2.17. The number of pyridine rings is 1. The van der Waals surface area contributed by atoms with Crippen molar-refractivity contribution >= 4 is 54.7 Å². The van der Waals surface area contributed by atoms with E-state index in [0.29, 0.717) is 5.02 Å². The number of nitrogens with one attached hydrogen (secondary N) is 1. The molecule has 0 fully saturated rings. The molecular weight excluding hydrogens is 302 g/mol. The van der Waals surface area contributed by atoms with Crippen LogP contribution in [0.25, 0.3) is 21.0 Å². The van der Waals surface area contributed by atoms with Gasteiger partial charge in [-0.05, 0) is 30.3 Å². The number of hydrogen-bond donors (Lipinski definition) is 1. The molecule has 4 rings (SSSR count). The number of anilines is 2. The average Bonchev–Trinajstić information content (AvgIpc) is 2.89. The molecule has 2 aromatic carbocycles. The summed E-state index contributed by atoms with van der Waals surface area (Å²) in [6.45, 7) is 0. The van der Waals surface area contributed by atoms with E-state index in [9.17, 15) is 0 Å². The first-order valence-electron chi connectivity index (χ1n) is 6.45. The Bertz CT molecular complexity index is 943. The minimum absolute atomic E-state index is 0.704. The molecule has 0 aliphatic rings. The summed E-state index contributed by atoms with van der Waals surface area (Å²) in [5, 5.41) is 7.19. The molecule has 2 heterocycles. The third kappa shape index (κ3) is 2.33. The Labute approximate surface area is 130 Å². The van der Waals surface area contributed by atoms with Gasteiger partial charge in [0.1, 0.15) is 0 Å². The first-order valence-corrected chi connectivity index (χ1v) is 7.65. The summed E-state index contributed by atoms with van der Waals surface area (Å²) in [5.74, 6) is 0. The average molecular weight is 312 g/mol. The van der Waals surface area contributed by atoms with E-state index in [-0.39, 0.29) is 0 Å². The van der Waals surface area contributed by atoms with Crippen molar-refractivity contribution in [3.05, 3.63) is 59.9 Å². The van der Waals surface area contributed by atoms with Crippen LogP contribution in [0.2, 0.25) is 5.02 Å². The standard InChI is InChI=1S/C16H10ClN3S/c17-11-4-5-15-14(8-11)20-16(21-15)19-13-3-1-2-10-9-18-7-6-12(10)13/h1-9H,(H,19,20). The monoisotopic (exact) mass is 311 g/mol. The second kappa shape index (κ2) is 4.98. The molecule has 0 spiro atoms. The van der Waals surface area contributed by atoms with Crippen molar-refractivity contribution < 1.29 is 0 Å². The van der Waals surface area contributed by atoms with Crippen LogP contribution in [0.4, 0.5) is 10.8 Å². The van der Waals surface area contributed by atoms with E-state index in [1.807, 2.05) is 48.7 Å². The fraction of sp³-hybridized carbons (Fsp3) is 0. The Kier molecular flexibility index (Phi) is 2.98. The summed E-state index contributed by atoms with van der Waals surface area (Å²) < 4.78 is 1.11. The lowest BCUT2D eigenvalue weighted by atomic mass is 10.1. The lowest BCUT2D eigenvalue weighted by Gasteiger charge is -2.06. The number of halogens is 1. The number of nitrogens with zero attached hydrogens (tertiary/aromatic N) is 2. The summed E-state index contributed by atoms with van der Waals surface area (Å²) in [6.07, 6.45) is 3.66. The number of fused-ring (bicyclic) bond motifs is 2. The van der Waals surface area contributed by atoms with Gasteiger partial charge in [-0.3, -0.25) is 4.98 Å². The zero-order valence-electron chi connectivity index (χ0n) is 10.9. The molecule has 102 valence electrons. The Morgan fingerprint density at radius 3 is 3.00 bits per heavy atom. The Morgan fingerprint density at radius 2 is 2.05 bits per heavy atom. The topological polar surface area (TPSA) is 37.8 Å². The number of rotatable bonds is 2. The second-order valence-corrected chi connectivity index (χ2v) is 6.13. The SMILES string of the molecule is Clc1ccc2sc(Nc3cccc4cnccc34)nc2c1. The van der Waals surface area contributed by atoms with E-state index >= 15 is 0 Å². The molecule has 0 saturated heterocycles. The van der Waals surface area contributed by atoms with Gasteiger partial charge < -0.3 is 5.32 Å². The van der Waals surface area contributed by atoms with Crippen LogP contribution < -0.4 is 5.32 Å². The predicted octanol–water partition coefficient (Wildman–Crippen LogP) is 5.24. The largest absolute Gasteiger partial charge is 0.331 e. The van der Waals surface area contributed by atoms with Gasteiger partial charge in [-0.1, -0.05) is 35.1 Å².